The standard InChI is InChI=1S/C24H26N4O2S/c1-17-7-5-6-10-19(17)23(30)25-13-11-22(29)27-24-26-20-12-14-28(16-21(20)31-24)15-18-8-3-2-4-9-18/h2-10H,11-16H2,1H3,(H,25,30)(H,26,27,29). The Morgan fingerprint density at radius 3 is 2.68 bits per heavy atom. The number of rotatable bonds is 7. The van der Waals surface area contributed by atoms with Gasteiger partial charge >= 0.3 is 0 Å². The first-order valence-corrected chi connectivity index (χ1v) is 11.3. The van der Waals surface area contributed by atoms with Crippen LogP contribution in [0.25, 0.3) is 0 Å². The number of aryl methyl sites for hydroxylation is 1. The van der Waals surface area contributed by atoms with Gasteiger partial charge in [-0.3, -0.25) is 14.5 Å². The fourth-order valence-electron chi connectivity index (χ4n) is 3.67. The van der Waals surface area contributed by atoms with E-state index in [1.807, 2.05) is 31.2 Å². The smallest absolute Gasteiger partial charge is 0.251 e. The third-order valence-corrected chi connectivity index (χ3v) is 6.33. The van der Waals surface area contributed by atoms with Crippen molar-refractivity contribution in [3.8, 4) is 0 Å². The summed E-state index contributed by atoms with van der Waals surface area (Å²) in [5.74, 6) is -0.300. The van der Waals surface area contributed by atoms with Gasteiger partial charge < -0.3 is 10.6 Å². The van der Waals surface area contributed by atoms with E-state index in [0.717, 1.165) is 37.3 Å². The van der Waals surface area contributed by atoms with Crippen molar-refractivity contribution >= 4 is 28.3 Å². The summed E-state index contributed by atoms with van der Waals surface area (Å²) in [5, 5.41) is 6.34. The van der Waals surface area contributed by atoms with Gasteiger partial charge in [0, 0.05) is 49.5 Å². The number of nitrogens with one attached hydrogen (secondary N) is 2. The molecule has 4 rings (SSSR count). The Morgan fingerprint density at radius 1 is 1.10 bits per heavy atom. The lowest BCUT2D eigenvalue weighted by molar-refractivity contribution is -0.116. The van der Waals surface area contributed by atoms with Crippen LogP contribution in [0, 0.1) is 6.92 Å². The zero-order valence-corrected chi connectivity index (χ0v) is 18.4. The Morgan fingerprint density at radius 2 is 1.87 bits per heavy atom. The number of fused-ring (bicyclic) bond motifs is 1. The molecule has 2 amide bonds. The predicted molar refractivity (Wildman–Crippen MR) is 123 cm³/mol. The minimum Gasteiger partial charge on any atom is -0.352 e. The minimum absolute atomic E-state index is 0.141. The number of aromatic nitrogens is 1. The van der Waals surface area contributed by atoms with Crippen LogP contribution in [0.3, 0.4) is 0 Å². The summed E-state index contributed by atoms with van der Waals surface area (Å²) in [6.45, 7) is 4.91. The van der Waals surface area contributed by atoms with Gasteiger partial charge in [0.1, 0.15) is 0 Å². The highest BCUT2D eigenvalue weighted by molar-refractivity contribution is 7.15. The van der Waals surface area contributed by atoms with Crippen LogP contribution in [0.2, 0.25) is 0 Å². The molecule has 3 aromatic rings. The maximum atomic E-state index is 12.3. The highest BCUT2D eigenvalue weighted by atomic mass is 32.1. The van der Waals surface area contributed by atoms with Crippen LogP contribution in [-0.2, 0) is 24.3 Å². The number of amides is 2. The Bertz CT molecular complexity index is 1060. The summed E-state index contributed by atoms with van der Waals surface area (Å²) in [6.07, 6.45) is 1.10. The second-order valence-corrected chi connectivity index (χ2v) is 8.79. The summed E-state index contributed by atoms with van der Waals surface area (Å²) < 4.78 is 0. The molecule has 0 atom stereocenters. The van der Waals surface area contributed by atoms with E-state index in [9.17, 15) is 9.59 Å². The Labute approximate surface area is 186 Å². The predicted octanol–water partition coefficient (Wildman–Crippen LogP) is 3.77. The number of anilines is 1. The molecule has 1 aromatic heterocycles. The maximum Gasteiger partial charge on any atom is 0.251 e. The molecule has 0 saturated heterocycles. The molecule has 31 heavy (non-hydrogen) atoms. The van der Waals surface area contributed by atoms with Crippen LogP contribution in [0.4, 0.5) is 5.13 Å². The van der Waals surface area contributed by atoms with Crippen LogP contribution in [-0.4, -0.2) is 34.8 Å². The van der Waals surface area contributed by atoms with Crippen molar-refractivity contribution in [3.63, 3.8) is 0 Å². The number of hydrogen-bond acceptors (Lipinski definition) is 5. The van der Waals surface area contributed by atoms with Gasteiger partial charge in [-0.2, -0.15) is 0 Å². The molecule has 0 aliphatic carbocycles. The van der Waals surface area contributed by atoms with Crippen LogP contribution < -0.4 is 10.6 Å². The van der Waals surface area contributed by atoms with E-state index < -0.39 is 0 Å². The number of carbonyl (C=O) groups is 2. The fraction of sp³-hybridized carbons (Fsp3) is 0.292. The van der Waals surface area contributed by atoms with Gasteiger partial charge in [-0.05, 0) is 24.1 Å². The monoisotopic (exact) mass is 434 g/mol. The number of benzene rings is 2. The Balaban J connectivity index is 1.25. The van der Waals surface area contributed by atoms with E-state index in [0.29, 0.717) is 10.7 Å². The van der Waals surface area contributed by atoms with Crippen molar-refractivity contribution < 1.29 is 9.59 Å². The first-order chi connectivity index (χ1) is 15.1. The van der Waals surface area contributed by atoms with E-state index in [1.165, 1.54) is 10.4 Å². The second-order valence-electron chi connectivity index (χ2n) is 7.70. The topological polar surface area (TPSA) is 74.3 Å². The molecular formula is C24H26N4O2S. The van der Waals surface area contributed by atoms with Gasteiger partial charge in [0.15, 0.2) is 5.13 Å². The molecule has 2 N–H and O–H groups in total. The molecule has 0 radical (unpaired) electrons. The zero-order valence-electron chi connectivity index (χ0n) is 17.6. The normalized spacial score (nSPS) is 13.5. The Kier molecular flexibility index (Phi) is 6.74. The average Bonchev–Trinajstić information content (AvgIpc) is 3.16. The van der Waals surface area contributed by atoms with Gasteiger partial charge in [-0.25, -0.2) is 4.98 Å². The molecule has 2 heterocycles. The molecule has 0 fully saturated rings. The SMILES string of the molecule is Cc1ccccc1C(=O)NCCC(=O)Nc1nc2c(s1)CN(Cc1ccccc1)CC2. The maximum absolute atomic E-state index is 12.3. The third-order valence-electron chi connectivity index (χ3n) is 5.33. The van der Waals surface area contributed by atoms with Gasteiger partial charge in [-0.1, -0.05) is 48.5 Å². The second kappa shape index (κ2) is 9.85. The van der Waals surface area contributed by atoms with Crippen molar-refractivity contribution in [3.05, 3.63) is 81.9 Å². The van der Waals surface area contributed by atoms with E-state index >= 15 is 0 Å². The van der Waals surface area contributed by atoms with Crippen LogP contribution in [0.15, 0.2) is 54.6 Å². The van der Waals surface area contributed by atoms with Crippen molar-refractivity contribution in [2.45, 2.75) is 32.9 Å². The van der Waals surface area contributed by atoms with Gasteiger partial charge in [0.25, 0.3) is 5.91 Å². The molecule has 1 aliphatic heterocycles. The van der Waals surface area contributed by atoms with Crippen molar-refractivity contribution in [2.24, 2.45) is 0 Å². The summed E-state index contributed by atoms with van der Waals surface area (Å²) in [6, 6.07) is 17.9. The molecular weight excluding hydrogens is 408 g/mol. The lowest BCUT2D eigenvalue weighted by atomic mass is 10.1. The first kappa shape index (κ1) is 21.2. The number of carbonyl (C=O) groups excluding carboxylic acids is 2. The lowest BCUT2D eigenvalue weighted by Gasteiger charge is -2.25. The summed E-state index contributed by atoms with van der Waals surface area (Å²) in [7, 11) is 0. The minimum atomic E-state index is -0.158. The summed E-state index contributed by atoms with van der Waals surface area (Å²) >= 11 is 1.54. The van der Waals surface area contributed by atoms with E-state index in [2.05, 4.69) is 44.8 Å². The number of thiazole rings is 1. The summed E-state index contributed by atoms with van der Waals surface area (Å²) in [5.41, 5.74) is 3.93. The third kappa shape index (κ3) is 5.57. The molecule has 0 bridgehead atoms. The first-order valence-electron chi connectivity index (χ1n) is 10.5. The molecule has 6 nitrogen and oxygen atoms in total. The number of nitrogens with zero attached hydrogens (tertiary/aromatic N) is 2. The zero-order chi connectivity index (χ0) is 21.6. The highest BCUT2D eigenvalue weighted by Gasteiger charge is 2.21. The van der Waals surface area contributed by atoms with Crippen LogP contribution >= 0.6 is 11.3 Å². The van der Waals surface area contributed by atoms with Crippen LogP contribution in [0.5, 0.6) is 0 Å². The van der Waals surface area contributed by atoms with Gasteiger partial charge in [0.05, 0.1) is 5.69 Å². The summed E-state index contributed by atoms with van der Waals surface area (Å²) in [4.78, 5) is 32.8. The molecule has 7 heteroatoms. The average molecular weight is 435 g/mol. The van der Waals surface area contributed by atoms with E-state index in [4.69, 9.17) is 0 Å². The quantitative estimate of drug-likeness (QED) is 0.594. The highest BCUT2D eigenvalue weighted by Crippen LogP contribution is 2.29. The van der Waals surface area contributed by atoms with Gasteiger partial charge in [0.2, 0.25) is 5.91 Å². The van der Waals surface area contributed by atoms with Crippen molar-refractivity contribution in [2.75, 3.05) is 18.4 Å². The molecule has 0 saturated carbocycles. The van der Waals surface area contributed by atoms with Crippen molar-refractivity contribution in [1.29, 1.82) is 0 Å². The van der Waals surface area contributed by atoms with Crippen molar-refractivity contribution in [1.82, 2.24) is 15.2 Å². The lowest BCUT2D eigenvalue weighted by Crippen LogP contribution is -2.29. The van der Waals surface area contributed by atoms with Crippen LogP contribution in [0.1, 0.15) is 38.5 Å². The largest absolute Gasteiger partial charge is 0.352 e. The molecule has 0 unspecified atom stereocenters. The molecule has 160 valence electrons. The van der Waals surface area contributed by atoms with Gasteiger partial charge in [-0.15, -0.1) is 11.3 Å². The Hall–Kier alpha value is -3.03. The molecule has 1 aliphatic rings. The number of hydrogen-bond donors (Lipinski definition) is 2. The fourth-order valence-corrected chi connectivity index (χ4v) is 4.74. The molecule has 2 aromatic carbocycles. The molecule has 0 spiro atoms. The van der Waals surface area contributed by atoms with E-state index in [1.54, 1.807) is 17.4 Å². The van der Waals surface area contributed by atoms with E-state index in [-0.39, 0.29) is 24.8 Å².